The lowest BCUT2D eigenvalue weighted by Crippen LogP contribution is -2.46. The summed E-state index contributed by atoms with van der Waals surface area (Å²) in [6.07, 6.45) is 2.47. The summed E-state index contributed by atoms with van der Waals surface area (Å²) < 4.78 is 43.4. The fraction of sp³-hybridized carbons (Fsp3) is 0.400. The van der Waals surface area contributed by atoms with Crippen LogP contribution >= 0.6 is 0 Å². The molecule has 2 aromatic carbocycles. The number of aromatic nitrogens is 1. The first-order valence-electron chi connectivity index (χ1n) is 11.4. The highest BCUT2D eigenvalue weighted by Gasteiger charge is 2.26. The van der Waals surface area contributed by atoms with Gasteiger partial charge in [-0.1, -0.05) is 24.6 Å². The summed E-state index contributed by atoms with van der Waals surface area (Å²) in [7, 11) is -4.04. The maximum absolute atomic E-state index is 15.2. The van der Waals surface area contributed by atoms with Crippen molar-refractivity contribution < 1.29 is 12.8 Å². The second-order valence-corrected chi connectivity index (χ2v) is 10.5. The van der Waals surface area contributed by atoms with E-state index in [1.54, 1.807) is 22.8 Å². The second-order valence-electron chi connectivity index (χ2n) is 8.57. The number of piperazine rings is 1. The molecule has 1 aliphatic heterocycles. The topological polar surface area (TPSA) is 62.6 Å². The van der Waals surface area contributed by atoms with Crippen LogP contribution in [0.3, 0.4) is 0 Å². The molecule has 1 saturated heterocycles. The first-order valence-corrected chi connectivity index (χ1v) is 12.9. The molecule has 0 amide bonds. The van der Waals surface area contributed by atoms with Gasteiger partial charge in [-0.15, -0.1) is 0 Å². The summed E-state index contributed by atoms with van der Waals surface area (Å²) in [6.45, 7) is 10.5. The molecule has 3 aromatic rings. The average Bonchev–Trinajstić information content (AvgIpc) is 2.80. The van der Waals surface area contributed by atoms with Crippen LogP contribution in [0.5, 0.6) is 0 Å². The van der Waals surface area contributed by atoms with Crippen molar-refractivity contribution >= 4 is 26.4 Å². The molecule has 33 heavy (non-hydrogen) atoms. The zero-order valence-corrected chi connectivity index (χ0v) is 20.2. The third kappa shape index (κ3) is 4.42. The predicted molar refractivity (Wildman–Crippen MR) is 129 cm³/mol. The molecule has 4 rings (SSSR count). The number of hydrogen-bond donors (Lipinski definition) is 0. The number of hydrogen-bond acceptors (Lipinski definition) is 5. The molecule has 1 aliphatic rings. The molecule has 6 nitrogen and oxygen atoms in total. The monoisotopic (exact) mass is 471 g/mol. The Bertz CT molecular complexity index is 1330. The Kier molecular flexibility index (Phi) is 6.59. The minimum atomic E-state index is -4.04. The number of fused-ring (bicyclic) bond motifs is 1. The van der Waals surface area contributed by atoms with E-state index in [9.17, 15) is 13.2 Å². The van der Waals surface area contributed by atoms with E-state index in [0.29, 0.717) is 30.8 Å². The number of halogens is 1. The first kappa shape index (κ1) is 23.4. The third-order valence-corrected chi connectivity index (χ3v) is 8.09. The minimum absolute atomic E-state index is 0.0502. The van der Waals surface area contributed by atoms with Gasteiger partial charge in [-0.3, -0.25) is 9.69 Å². The van der Waals surface area contributed by atoms with E-state index < -0.39 is 21.1 Å². The lowest BCUT2D eigenvalue weighted by atomic mass is 10.1. The zero-order chi connectivity index (χ0) is 23.8. The van der Waals surface area contributed by atoms with E-state index in [0.717, 1.165) is 31.6 Å². The molecule has 0 spiro atoms. The highest BCUT2D eigenvalue weighted by Crippen LogP contribution is 2.28. The van der Waals surface area contributed by atoms with Crippen LogP contribution in [0.4, 0.5) is 10.1 Å². The van der Waals surface area contributed by atoms with Gasteiger partial charge in [0.1, 0.15) is 10.7 Å². The summed E-state index contributed by atoms with van der Waals surface area (Å²) in [6, 6.07) is 9.26. The molecule has 0 atom stereocenters. The van der Waals surface area contributed by atoms with Crippen molar-refractivity contribution in [1.29, 1.82) is 0 Å². The molecular formula is C25H30FN3O3S. The van der Waals surface area contributed by atoms with Gasteiger partial charge in [0.15, 0.2) is 0 Å². The van der Waals surface area contributed by atoms with Crippen LogP contribution in [-0.2, 0) is 16.4 Å². The predicted octanol–water partition coefficient (Wildman–Crippen LogP) is 3.83. The fourth-order valence-corrected chi connectivity index (χ4v) is 5.81. The van der Waals surface area contributed by atoms with Gasteiger partial charge < -0.3 is 9.47 Å². The molecule has 2 heterocycles. The summed E-state index contributed by atoms with van der Waals surface area (Å²) in [4.78, 5) is 17.3. The van der Waals surface area contributed by atoms with Crippen molar-refractivity contribution in [2.24, 2.45) is 0 Å². The van der Waals surface area contributed by atoms with E-state index in [-0.39, 0.29) is 15.2 Å². The maximum atomic E-state index is 15.2. The van der Waals surface area contributed by atoms with Crippen molar-refractivity contribution in [3.63, 3.8) is 0 Å². The molecule has 1 fully saturated rings. The summed E-state index contributed by atoms with van der Waals surface area (Å²) in [5.74, 6) is -0.504. The van der Waals surface area contributed by atoms with Gasteiger partial charge in [-0.05, 0) is 51.1 Å². The van der Waals surface area contributed by atoms with Gasteiger partial charge in [-0.25, -0.2) is 12.8 Å². The standard InChI is InChI=1S/C25H30FN3O3S/c1-4-10-27-11-13-29(14-12-27)23-16-22-20(15-21(23)26)25(30)24(17-28(22)5-2)33(31,32)19-8-6-18(3)7-9-19/h6-9,15-17H,4-5,10-14H2,1-3H3. The number of anilines is 1. The van der Waals surface area contributed by atoms with Crippen LogP contribution in [0.1, 0.15) is 25.8 Å². The number of aryl methyl sites for hydroxylation is 2. The maximum Gasteiger partial charge on any atom is 0.211 e. The van der Waals surface area contributed by atoms with E-state index in [1.165, 1.54) is 24.4 Å². The number of benzene rings is 2. The Hall–Kier alpha value is -2.71. The Morgan fingerprint density at radius 2 is 1.67 bits per heavy atom. The SMILES string of the molecule is CCCN1CCN(c2cc3c(cc2F)c(=O)c(S(=O)(=O)c2ccc(C)cc2)cn3CC)CC1. The molecule has 0 radical (unpaired) electrons. The molecule has 0 bridgehead atoms. The summed E-state index contributed by atoms with van der Waals surface area (Å²) in [5, 5.41) is 0.0795. The Balaban J connectivity index is 1.80. The second kappa shape index (κ2) is 9.27. The summed E-state index contributed by atoms with van der Waals surface area (Å²) >= 11 is 0. The molecule has 0 saturated carbocycles. The van der Waals surface area contributed by atoms with Gasteiger partial charge in [-0.2, -0.15) is 0 Å². The average molecular weight is 472 g/mol. The van der Waals surface area contributed by atoms with E-state index in [4.69, 9.17) is 0 Å². The molecule has 0 N–H and O–H groups in total. The molecule has 176 valence electrons. The van der Waals surface area contributed by atoms with Crippen LogP contribution in [0, 0.1) is 12.7 Å². The van der Waals surface area contributed by atoms with E-state index >= 15 is 4.39 Å². The lowest BCUT2D eigenvalue weighted by Gasteiger charge is -2.36. The molecule has 1 aromatic heterocycles. The highest BCUT2D eigenvalue weighted by atomic mass is 32.2. The molecular weight excluding hydrogens is 441 g/mol. The van der Waals surface area contributed by atoms with Crippen LogP contribution in [0.15, 0.2) is 57.2 Å². The van der Waals surface area contributed by atoms with Crippen molar-refractivity contribution in [2.45, 2.75) is 43.5 Å². The van der Waals surface area contributed by atoms with Crippen LogP contribution < -0.4 is 10.3 Å². The van der Waals surface area contributed by atoms with Crippen LogP contribution in [0.2, 0.25) is 0 Å². The molecule has 8 heteroatoms. The normalized spacial score (nSPS) is 15.3. The van der Waals surface area contributed by atoms with Gasteiger partial charge >= 0.3 is 0 Å². The largest absolute Gasteiger partial charge is 0.367 e. The van der Waals surface area contributed by atoms with Crippen LogP contribution in [0.25, 0.3) is 10.9 Å². The number of nitrogens with zero attached hydrogens (tertiary/aromatic N) is 3. The smallest absolute Gasteiger partial charge is 0.211 e. The quantitative estimate of drug-likeness (QED) is 0.547. The van der Waals surface area contributed by atoms with Gasteiger partial charge in [0.2, 0.25) is 15.3 Å². The number of pyridine rings is 1. The van der Waals surface area contributed by atoms with E-state index in [1.807, 2.05) is 18.7 Å². The Morgan fingerprint density at radius 3 is 2.27 bits per heavy atom. The van der Waals surface area contributed by atoms with Crippen molar-refractivity contribution in [2.75, 3.05) is 37.6 Å². The van der Waals surface area contributed by atoms with Crippen molar-refractivity contribution in [1.82, 2.24) is 9.47 Å². The van der Waals surface area contributed by atoms with E-state index in [2.05, 4.69) is 11.8 Å². The van der Waals surface area contributed by atoms with Gasteiger partial charge in [0.05, 0.1) is 21.5 Å². The van der Waals surface area contributed by atoms with Crippen molar-refractivity contribution in [3.8, 4) is 0 Å². The summed E-state index contributed by atoms with van der Waals surface area (Å²) in [5.41, 5.74) is 1.24. The fourth-order valence-electron chi connectivity index (χ4n) is 4.44. The highest BCUT2D eigenvalue weighted by molar-refractivity contribution is 7.91. The Morgan fingerprint density at radius 1 is 1.00 bits per heavy atom. The first-order chi connectivity index (χ1) is 15.8. The zero-order valence-electron chi connectivity index (χ0n) is 19.3. The van der Waals surface area contributed by atoms with Gasteiger partial charge in [0.25, 0.3) is 0 Å². The number of rotatable bonds is 6. The minimum Gasteiger partial charge on any atom is -0.367 e. The van der Waals surface area contributed by atoms with Crippen molar-refractivity contribution in [3.05, 3.63) is 64.2 Å². The van der Waals surface area contributed by atoms with Crippen LogP contribution in [-0.4, -0.2) is 50.6 Å². The van der Waals surface area contributed by atoms with Gasteiger partial charge in [0, 0.05) is 38.9 Å². The number of sulfone groups is 1. The molecule has 0 aliphatic carbocycles. The molecule has 0 unspecified atom stereocenters. The Labute approximate surface area is 194 Å². The lowest BCUT2D eigenvalue weighted by molar-refractivity contribution is 0.258. The third-order valence-electron chi connectivity index (χ3n) is 6.33.